The summed E-state index contributed by atoms with van der Waals surface area (Å²) >= 11 is 1.48. The van der Waals surface area contributed by atoms with Gasteiger partial charge in [0.05, 0.1) is 11.3 Å². The number of benzene rings is 2. The molecule has 6 heteroatoms. The molecule has 29 heavy (non-hydrogen) atoms. The van der Waals surface area contributed by atoms with E-state index in [1.54, 1.807) is 0 Å². The van der Waals surface area contributed by atoms with Gasteiger partial charge >= 0.3 is 0 Å². The van der Waals surface area contributed by atoms with Crippen LogP contribution in [-0.4, -0.2) is 34.2 Å². The highest BCUT2D eigenvalue weighted by Crippen LogP contribution is 2.29. The fourth-order valence-electron chi connectivity index (χ4n) is 3.51. The number of carbonyl (C=O) groups is 1. The van der Waals surface area contributed by atoms with Crippen LogP contribution in [0.25, 0.3) is 10.9 Å². The molecule has 1 aliphatic heterocycles. The lowest BCUT2D eigenvalue weighted by Gasteiger charge is -2.29. The zero-order valence-corrected chi connectivity index (χ0v) is 17.7. The SMILES string of the molecule is CCC(C)NC(=O)CSc1nc(N2CCc3ccccc3C2)nc2ccccc12. The van der Waals surface area contributed by atoms with Crippen LogP contribution in [0.3, 0.4) is 0 Å². The van der Waals surface area contributed by atoms with Crippen LogP contribution in [0, 0.1) is 0 Å². The summed E-state index contributed by atoms with van der Waals surface area (Å²) in [6.07, 6.45) is 1.92. The standard InChI is InChI=1S/C23H26N4OS/c1-3-16(2)24-21(28)15-29-22-19-10-6-7-11-20(19)25-23(26-22)27-13-12-17-8-4-5-9-18(17)14-27/h4-11,16H,3,12-15H2,1-2H3,(H,24,28). The van der Waals surface area contributed by atoms with Gasteiger partial charge in [0.15, 0.2) is 0 Å². The molecule has 150 valence electrons. The van der Waals surface area contributed by atoms with Crippen LogP contribution in [0.5, 0.6) is 0 Å². The quantitative estimate of drug-likeness (QED) is 0.491. The topological polar surface area (TPSA) is 58.1 Å². The van der Waals surface area contributed by atoms with Crippen molar-refractivity contribution >= 4 is 34.5 Å². The first kappa shape index (κ1) is 19.7. The first-order chi connectivity index (χ1) is 14.1. The second-order valence-electron chi connectivity index (χ2n) is 7.45. The Labute approximate surface area is 175 Å². The summed E-state index contributed by atoms with van der Waals surface area (Å²) in [4.78, 5) is 24.2. The van der Waals surface area contributed by atoms with Gasteiger partial charge in [-0.2, -0.15) is 0 Å². The number of thioether (sulfide) groups is 1. The van der Waals surface area contributed by atoms with Gasteiger partial charge in [-0.05, 0) is 37.0 Å². The van der Waals surface area contributed by atoms with Crippen molar-refractivity contribution < 1.29 is 4.79 Å². The second-order valence-corrected chi connectivity index (χ2v) is 8.42. The van der Waals surface area contributed by atoms with E-state index in [0.717, 1.165) is 47.8 Å². The third-order valence-electron chi connectivity index (χ3n) is 5.33. The molecule has 1 atom stereocenters. The number of carbonyl (C=O) groups excluding carboxylic acids is 1. The predicted octanol–water partition coefficient (Wildman–Crippen LogP) is 4.20. The van der Waals surface area contributed by atoms with E-state index in [9.17, 15) is 4.79 Å². The smallest absolute Gasteiger partial charge is 0.230 e. The van der Waals surface area contributed by atoms with Crippen molar-refractivity contribution in [1.29, 1.82) is 0 Å². The lowest BCUT2D eigenvalue weighted by molar-refractivity contribution is -0.119. The minimum atomic E-state index is 0.0421. The van der Waals surface area contributed by atoms with E-state index >= 15 is 0 Å². The zero-order chi connectivity index (χ0) is 20.2. The van der Waals surface area contributed by atoms with Gasteiger partial charge in [-0.25, -0.2) is 9.97 Å². The Kier molecular flexibility index (Phi) is 6.00. The highest BCUT2D eigenvalue weighted by Gasteiger charge is 2.20. The Balaban J connectivity index is 1.59. The van der Waals surface area contributed by atoms with Gasteiger partial charge in [0.25, 0.3) is 0 Å². The van der Waals surface area contributed by atoms with E-state index in [-0.39, 0.29) is 11.9 Å². The Bertz CT molecular complexity index is 1020. The highest BCUT2D eigenvalue weighted by molar-refractivity contribution is 8.00. The number of hydrogen-bond acceptors (Lipinski definition) is 5. The Morgan fingerprint density at radius 2 is 1.90 bits per heavy atom. The first-order valence-electron chi connectivity index (χ1n) is 10.1. The van der Waals surface area contributed by atoms with Crippen LogP contribution < -0.4 is 10.2 Å². The average Bonchev–Trinajstić information content (AvgIpc) is 2.76. The molecule has 2 aromatic carbocycles. The van der Waals surface area contributed by atoms with E-state index in [0.29, 0.717) is 5.75 Å². The van der Waals surface area contributed by atoms with Gasteiger partial charge < -0.3 is 10.2 Å². The number of fused-ring (bicyclic) bond motifs is 2. The fourth-order valence-corrected chi connectivity index (χ4v) is 4.33. The molecular weight excluding hydrogens is 380 g/mol. The minimum absolute atomic E-state index is 0.0421. The summed E-state index contributed by atoms with van der Waals surface area (Å²) in [6, 6.07) is 16.8. The number of rotatable bonds is 6. The molecule has 1 N–H and O–H groups in total. The minimum Gasteiger partial charge on any atom is -0.353 e. The largest absolute Gasteiger partial charge is 0.353 e. The van der Waals surface area contributed by atoms with Crippen molar-refractivity contribution in [2.45, 2.75) is 44.3 Å². The number of amides is 1. The molecule has 0 fully saturated rings. The maximum absolute atomic E-state index is 12.3. The Morgan fingerprint density at radius 3 is 2.72 bits per heavy atom. The molecule has 5 nitrogen and oxygen atoms in total. The molecule has 0 aliphatic carbocycles. The van der Waals surface area contributed by atoms with Crippen molar-refractivity contribution in [2.75, 3.05) is 17.2 Å². The molecule has 0 spiro atoms. The van der Waals surface area contributed by atoms with E-state index in [1.165, 1.54) is 22.9 Å². The average molecular weight is 407 g/mol. The van der Waals surface area contributed by atoms with Crippen LogP contribution in [-0.2, 0) is 17.8 Å². The maximum Gasteiger partial charge on any atom is 0.230 e. The summed E-state index contributed by atoms with van der Waals surface area (Å²) in [5, 5.41) is 4.88. The molecular formula is C23H26N4OS. The van der Waals surface area contributed by atoms with Crippen molar-refractivity contribution in [3.8, 4) is 0 Å². The van der Waals surface area contributed by atoms with Crippen molar-refractivity contribution in [3.05, 3.63) is 59.7 Å². The first-order valence-corrected chi connectivity index (χ1v) is 11.1. The molecule has 1 aliphatic rings. The lowest BCUT2D eigenvalue weighted by atomic mass is 10.0. The molecule has 1 unspecified atom stereocenters. The molecule has 2 heterocycles. The molecule has 0 bridgehead atoms. The van der Waals surface area contributed by atoms with Crippen LogP contribution in [0.4, 0.5) is 5.95 Å². The summed E-state index contributed by atoms with van der Waals surface area (Å²) in [5.41, 5.74) is 3.65. The third kappa shape index (κ3) is 4.53. The summed E-state index contributed by atoms with van der Waals surface area (Å²) in [6.45, 7) is 5.80. The number of anilines is 1. The lowest BCUT2D eigenvalue weighted by Crippen LogP contribution is -2.33. The summed E-state index contributed by atoms with van der Waals surface area (Å²) in [7, 11) is 0. The Morgan fingerprint density at radius 1 is 1.14 bits per heavy atom. The molecule has 0 radical (unpaired) electrons. The highest BCUT2D eigenvalue weighted by atomic mass is 32.2. The van der Waals surface area contributed by atoms with Gasteiger partial charge in [-0.1, -0.05) is 61.2 Å². The second kappa shape index (κ2) is 8.82. The van der Waals surface area contributed by atoms with E-state index < -0.39 is 0 Å². The van der Waals surface area contributed by atoms with Crippen molar-refractivity contribution in [2.24, 2.45) is 0 Å². The van der Waals surface area contributed by atoms with Gasteiger partial charge in [-0.3, -0.25) is 4.79 Å². The molecule has 3 aromatic rings. The molecule has 0 saturated heterocycles. The van der Waals surface area contributed by atoms with Gasteiger partial charge in [0.2, 0.25) is 11.9 Å². The van der Waals surface area contributed by atoms with E-state index in [1.807, 2.05) is 31.2 Å². The van der Waals surface area contributed by atoms with Crippen LogP contribution in [0.2, 0.25) is 0 Å². The van der Waals surface area contributed by atoms with Gasteiger partial charge in [-0.15, -0.1) is 0 Å². The number of aromatic nitrogens is 2. The molecule has 1 amide bonds. The number of nitrogens with zero attached hydrogens (tertiary/aromatic N) is 3. The van der Waals surface area contributed by atoms with Crippen molar-refractivity contribution in [3.63, 3.8) is 0 Å². The van der Waals surface area contributed by atoms with Crippen LogP contribution in [0.1, 0.15) is 31.4 Å². The molecule has 4 rings (SSSR count). The van der Waals surface area contributed by atoms with Gasteiger partial charge in [0, 0.05) is 24.5 Å². The fraction of sp³-hybridized carbons (Fsp3) is 0.348. The monoisotopic (exact) mass is 406 g/mol. The van der Waals surface area contributed by atoms with Crippen LogP contribution in [0.15, 0.2) is 53.6 Å². The number of para-hydroxylation sites is 1. The molecule has 0 saturated carbocycles. The number of hydrogen-bond donors (Lipinski definition) is 1. The molecule has 1 aromatic heterocycles. The maximum atomic E-state index is 12.3. The van der Waals surface area contributed by atoms with E-state index in [4.69, 9.17) is 9.97 Å². The van der Waals surface area contributed by atoms with Crippen molar-refractivity contribution in [1.82, 2.24) is 15.3 Å². The summed E-state index contributed by atoms with van der Waals surface area (Å²) < 4.78 is 0. The third-order valence-corrected chi connectivity index (χ3v) is 6.32. The zero-order valence-electron chi connectivity index (χ0n) is 16.9. The normalized spacial score (nSPS) is 14.5. The number of nitrogens with one attached hydrogen (secondary N) is 1. The van der Waals surface area contributed by atoms with Gasteiger partial charge in [0.1, 0.15) is 5.03 Å². The predicted molar refractivity (Wildman–Crippen MR) is 119 cm³/mol. The summed E-state index contributed by atoms with van der Waals surface area (Å²) in [5.74, 6) is 1.14. The Hall–Kier alpha value is -2.60. The van der Waals surface area contributed by atoms with Crippen LogP contribution >= 0.6 is 11.8 Å². The van der Waals surface area contributed by atoms with E-state index in [2.05, 4.69) is 41.4 Å².